The Morgan fingerprint density at radius 2 is 1.72 bits per heavy atom. The smallest absolute Gasteiger partial charge is 0.287 e. The van der Waals surface area contributed by atoms with Gasteiger partial charge in [-0.3, -0.25) is 14.0 Å². The van der Waals surface area contributed by atoms with E-state index in [0.29, 0.717) is 17.7 Å². The molecule has 1 aromatic carbocycles. The van der Waals surface area contributed by atoms with Crippen LogP contribution < -0.4 is 15.5 Å². The largest absolute Gasteiger partial charge is 0.372 e. The van der Waals surface area contributed by atoms with Crippen molar-refractivity contribution in [1.82, 2.24) is 14.7 Å². The fraction of sp³-hybridized carbons (Fsp3) is 0.318. The van der Waals surface area contributed by atoms with Crippen molar-refractivity contribution in [3.63, 3.8) is 0 Å². The zero-order valence-corrected chi connectivity index (χ0v) is 17.1. The van der Waals surface area contributed by atoms with Crippen LogP contribution in [0.1, 0.15) is 48.3 Å². The van der Waals surface area contributed by atoms with Gasteiger partial charge in [0, 0.05) is 37.2 Å². The quantitative estimate of drug-likeness (QED) is 0.613. The van der Waals surface area contributed by atoms with Crippen LogP contribution in [0.2, 0.25) is 0 Å². The van der Waals surface area contributed by atoms with Crippen LogP contribution >= 0.6 is 0 Å². The van der Waals surface area contributed by atoms with Crippen LogP contribution in [-0.2, 0) is 0 Å². The second kappa shape index (κ2) is 9.23. The van der Waals surface area contributed by atoms with Crippen molar-refractivity contribution in [2.45, 2.75) is 27.2 Å². The van der Waals surface area contributed by atoms with E-state index in [-0.39, 0.29) is 23.3 Å². The van der Waals surface area contributed by atoms with Gasteiger partial charge in [-0.2, -0.15) is 0 Å². The first kappa shape index (κ1) is 20.4. The average Bonchev–Trinajstić information content (AvgIpc) is 3.14. The zero-order valence-electron chi connectivity index (χ0n) is 17.1. The molecule has 0 saturated carbocycles. The standard InChI is InChI=1S/C22H27N5O2/c1-4-14-23-22(29)20-25-19(18-9-7-8-15-27(18)20)21(28)24-16-10-12-17(13-11-16)26(5-2)6-3/h7-13,15H,4-6,14H2,1-3H3,(H,23,29)(H,24,28). The Morgan fingerprint density at radius 3 is 2.38 bits per heavy atom. The van der Waals surface area contributed by atoms with Gasteiger partial charge in [-0.1, -0.05) is 13.0 Å². The van der Waals surface area contributed by atoms with Crippen molar-refractivity contribution >= 4 is 28.7 Å². The maximum absolute atomic E-state index is 12.9. The summed E-state index contributed by atoms with van der Waals surface area (Å²) in [7, 11) is 0. The molecule has 0 fully saturated rings. The number of fused-ring (bicyclic) bond motifs is 1. The van der Waals surface area contributed by atoms with E-state index in [1.54, 1.807) is 22.7 Å². The Hall–Kier alpha value is -3.35. The van der Waals surface area contributed by atoms with Gasteiger partial charge in [-0.05, 0) is 56.7 Å². The van der Waals surface area contributed by atoms with E-state index in [9.17, 15) is 9.59 Å². The molecular weight excluding hydrogens is 366 g/mol. The van der Waals surface area contributed by atoms with Gasteiger partial charge in [0.05, 0.1) is 5.52 Å². The maximum Gasteiger partial charge on any atom is 0.287 e. The summed E-state index contributed by atoms with van der Waals surface area (Å²) in [6.07, 6.45) is 2.56. The number of aromatic nitrogens is 2. The molecule has 29 heavy (non-hydrogen) atoms. The number of hydrogen-bond acceptors (Lipinski definition) is 4. The van der Waals surface area contributed by atoms with Crippen LogP contribution in [0, 0.1) is 0 Å². The number of carbonyl (C=O) groups excluding carboxylic acids is 2. The number of hydrogen-bond donors (Lipinski definition) is 2. The summed E-state index contributed by atoms with van der Waals surface area (Å²) in [5.74, 6) is -0.439. The molecule has 152 valence electrons. The fourth-order valence-corrected chi connectivity index (χ4v) is 3.22. The lowest BCUT2D eigenvalue weighted by atomic mass is 10.2. The molecule has 0 bridgehead atoms. The normalized spacial score (nSPS) is 10.7. The van der Waals surface area contributed by atoms with Crippen LogP contribution in [0.3, 0.4) is 0 Å². The van der Waals surface area contributed by atoms with Gasteiger partial charge in [0.15, 0.2) is 5.69 Å². The molecule has 7 nitrogen and oxygen atoms in total. The van der Waals surface area contributed by atoms with Gasteiger partial charge in [-0.15, -0.1) is 0 Å². The molecule has 7 heteroatoms. The number of carbonyl (C=O) groups is 2. The monoisotopic (exact) mass is 393 g/mol. The number of imidazole rings is 1. The molecule has 0 saturated heterocycles. The number of nitrogens with one attached hydrogen (secondary N) is 2. The second-order valence-corrected chi connectivity index (χ2v) is 6.67. The SMILES string of the molecule is CCCNC(=O)c1nc(C(=O)Nc2ccc(N(CC)CC)cc2)c2ccccn12. The van der Waals surface area contributed by atoms with E-state index in [0.717, 1.165) is 25.2 Å². The van der Waals surface area contributed by atoms with E-state index in [1.807, 2.05) is 37.3 Å². The van der Waals surface area contributed by atoms with Crippen molar-refractivity contribution in [2.75, 3.05) is 29.9 Å². The van der Waals surface area contributed by atoms with E-state index in [1.165, 1.54) is 0 Å². The molecule has 0 radical (unpaired) electrons. The molecular formula is C22H27N5O2. The van der Waals surface area contributed by atoms with Gasteiger partial charge in [0.2, 0.25) is 5.82 Å². The predicted molar refractivity (Wildman–Crippen MR) is 116 cm³/mol. The molecule has 0 aliphatic heterocycles. The fourth-order valence-electron chi connectivity index (χ4n) is 3.22. The Balaban J connectivity index is 1.85. The zero-order chi connectivity index (χ0) is 20.8. The summed E-state index contributed by atoms with van der Waals surface area (Å²) in [4.78, 5) is 31.9. The minimum atomic E-state index is -0.348. The van der Waals surface area contributed by atoms with Gasteiger partial charge < -0.3 is 15.5 Å². The molecule has 0 spiro atoms. The Morgan fingerprint density at radius 1 is 1.00 bits per heavy atom. The van der Waals surface area contributed by atoms with E-state index >= 15 is 0 Å². The molecule has 2 heterocycles. The van der Waals surface area contributed by atoms with E-state index < -0.39 is 0 Å². The first-order valence-electron chi connectivity index (χ1n) is 10.0. The van der Waals surface area contributed by atoms with Crippen LogP contribution in [0.5, 0.6) is 0 Å². The molecule has 0 aliphatic rings. The predicted octanol–water partition coefficient (Wildman–Crippen LogP) is 3.57. The first-order chi connectivity index (χ1) is 14.1. The Labute approximate surface area is 170 Å². The molecule has 2 amide bonds. The van der Waals surface area contributed by atoms with Crippen LogP contribution in [-0.4, -0.2) is 40.8 Å². The second-order valence-electron chi connectivity index (χ2n) is 6.67. The van der Waals surface area contributed by atoms with Gasteiger partial charge in [-0.25, -0.2) is 4.98 Å². The van der Waals surface area contributed by atoms with Crippen LogP contribution in [0.15, 0.2) is 48.7 Å². The topological polar surface area (TPSA) is 78.7 Å². The molecule has 0 atom stereocenters. The maximum atomic E-state index is 12.9. The van der Waals surface area contributed by atoms with Crippen molar-refractivity contribution < 1.29 is 9.59 Å². The molecule has 0 aliphatic carbocycles. The number of pyridine rings is 1. The summed E-state index contributed by atoms with van der Waals surface area (Å²) >= 11 is 0. The van der Waals surface area contributed by atoms with Crippen LogP contribution in [0.25, 0.3) is 5.52 Å². The third-order valence-electron chi connectivity index (χ3n) is 4.76. The molecule has 3 aromatic rings. The van der Waals surface area contributed by atoms with Crippen molar-refractivity contribution in [3.8, 4) is 0 Å². The van der Waals surface area contributed by atoms with Gasteiger partial charge in [0.25, 0.3) is 11.8 Å². The van der Waals surface area contributed by atoms with Crippen LogP contribution in [0.4, 0.5) is 11.4 Å². The van der Waals surface area contributed by atoms with E-state index in [2.05, 4.69) is 34.4 Å². The third-order valence-corrected chi connectivity index (χ3v) is 4.76. The Kier molecular flexibility index (Phi) is 6.49. The highest BCUT2D eigenvalue weighted by Gasteiger charge is 2.21. The number of amides is 2. The highest BCUT2D eigenvalue weighted by atomic mass is 16.2. The molecule has 2 N–H and O–H groups in total. The third kappa shape index (κ3) is 4.39. The lowest BCUT2D eigenvalue weighted by molar-refractivity contribution is 0.0942. The molecule has 3 rings (SSSR count). The summed E-state index contributed by atoms with van der Waals surface area (Å²) < 4.78 is 1.64. The highest BCUT2D eigenvalue weighted by molar-refractivity contribution is 6.09. The molecule has 2 aromatic heterocycles. The summed E-state index contributed by atoms with van der Waals surface area (Å²) in [6.45, 7) is 8.60. The van der Waals surface area contributed by atoms with Crippen molar-refractivity contribution in [1.29, 1.82) is 0 Å². The number of anilines is 2. The lowest BCUT2D eigenvalue weighted by Crippen LogP contribution is -2.26. The minimum Gasteiger partial charge on any atom is -0.372 e. The lowest BCUT2D eigenvalue weighted by Gasteiger charge is -2.21. The average molecular weight is 393 g/mol. The van der Waals surface area contributed by atoms with Crippen molar-refractivity contribution in [2.24, 2.45) is 0 Å². The number of nitrogens with zero attached hydrogens (tertiary/aromatic N) is 3. The van der Waals surface area contributed by atoms with Gasteiger partial charge >= 0.3 is 0 Å². The Bertz CT molecular complexity index is 990. The summed E-state index contributed by atoms with van der Waals surface area (Å²) in [6, 6.07) is 13.1. The minimum absolute atomic E-state index is 0.205. The van der Waals surface area contributed by atoms with Gasteiger partial charge in [0.1, 0.15) is 0 Å². The van der Waals surface area contributed by atoms with Crippen molar-refractivity contribution in [3.05, 3.63) is 60.2 Å². The first-order valence-corrected chi connectivity index (χ1v) is 10.0. The number of benzene rings is 1. The summed E-state index contributed by atoms with van der Waals surface area (Å²) in [5, 5.41) is 5.69. The summed E-state index contributed by atoms with van der Waals surface area (Å²) in [5.41, 5.74) is 2.60. The number of rotatable bonds is 8. The molecule has 0 unspecified atom stereocenters. The van der Waals surface area contributed by atoms with E-state index in [4.69, 9.17) is 0 Å². The highest BCUT2D eigenvalue weighted by Crippen LogP contribution is 2.20.